The molecule has 6 nitrogen and oxygen atoms in total. The van der Waals surface area contributed by atoms with Crippen LogP contribution >= 0.6 is 0 Å². The van der Waals surface area contributed by atoms with Crippen LogP contribution in [-0.2, 0) is 11.2 Å². The number of hydrogen-bond acceptors (Lipinski definition) is 5. The summed E-state index contributed by atoms with van der Waals surface area (Å²) in [5, 5.41) is 9.94. The number of aromatic nitrogens is 1. The first-order valence-electron chi connectivity index (χ1n) is 7.92. The number of nitrogen functional groups attached to an aromatic ring is 1. The predicted octanol–water partition coefficient (Wildman–Crippen LogP) is 0.496. The summed E-state index contributed by atoms with van der Waals surface area (Å²) in [4.78, 5) is 21.0. The Morgan fingerprint density at radius 1 is 1.17 bits per heavy atom. The first kappa shape index (κ1) is 15.7. The average Bonchev–Trinajstić information content (AvgIpc) is 2.56. The molecule has 6 heteroatoms. The Hall–Kier alpha value is -2.18. The zero-order chi connectivity index (χ0) is 16.2. The Kier molecular flexibility index (Phi) is 4.73. The van der Waals surface area contributed by atoms with Gasteiger partial charge in [-0.15, -0.1) is 0 Å². The van der Waals surface area contributed by atoms with Crippen LogP contribution in [0, 0.1) is 0 Å². The number of pyridine rings is 1. The number of hydrogen-bond donors (Lipinski definition) is 2. The van der Waals surface area contributed by atoms with E-state index in [-0.39, 0.29) is 12.5 Å². The molecule has 1 amide bonds. The second-order valence-electron chi connectivity index (χ2n) is 5.84. The van der Waals surface area contributed by atoms with Gasteiger partial charge in [-0.2, -0.15) is 0 Å². The maximum Gasteiger partial charge on any atom is 0.228 e. The van der Waals surface area contributed by atoms with Crippen molar-refractivity contribution < 1.29 is 9.90 Å². The van der Waals surface area contributed by atoms with E-state index in [0.717, 1.165) is 29.7 Å². The number of aliphatic hydroxyl groups excluding tert-OH is 1. The lowest BCUT2D eigenvalue weighted by molar-refractivity contribution is -0.132. The fourth-order valence-electron chi connectivity index (χ4n) is 2.94. The van der Waals surface area contributed by atoms with Crippen molar-refractivity contribution in [2.75, 3.05) is 45.1 Å². The molecule has 0 atom stereocenters. The van der Waals surface area contributed by atoms with Crippen LogP contribution < -0.4 is 5.73 Å². The minimum absolute atomic E-state index is 0.0926. The van der Waals surface area contributed by atoms with Crippen LogP contribution in [0.25, 0.3) is 10.9 Å². The third kappa shape index (κ3) is 3.60. The highest BCUT2D eigenvalue weighted by Crippen LogP contribution is 2.19. The molecule has 0 saturated carbocycles. The molecule has 122 valence electrons. The van der Waals surface area contributed by atoms with Gasteiger partial charge in [0.2, 0.25) is 5.91 Å². The zero-order valence-corrected chi connectivity index (χ0v) is 13.1. The monoisotopic (exact) mass is 314 g/mol. The molecule has 0 unspecified atom stereocenters. The van der Waals surface area contributed by atoms with Crippen molar-refractivity contribution in [3.63, 3.8) is 0 Å². The maximum absolute atomic E-state index is 12.4. The molecule has 3 rings (SSSR count). The Bertz CT molecular complexity index is 696. The Balaban J connectivity index is 1.65. The third-order valence-electron chi connectivity index (χ3n) is 4.28. The van der Waals surface area contributed by atoms with Crippen molar-refractivity contribution in [1.82, 2.24) is 14.8 Å². The SMILES string of the molecule is Nc1cccc2ccc(CC(=O)N3CCN(CCO)CC3)nc12. The smallest absolute Gasteiger partial charge is 0.228 e. The number of aliphatic hydroxyl groups is 1. The summed E-state index contributed by atoms with van der Waals surface area (Å²) in [5.74, 6) is 0.0926. The van der Waals surface area contributed by atoms with Crippen LogP contribution in [0.5, 0.6) is 0 Å². The van der Waals surface area contributed by atoms with E-state index in [4.69, 9.17) is 10.8 Å². The van der Waals surface area contributed by atoms with E-state index < -0.39 is 0 Å². The fourth-order valence-corrected chi connectivity index (χ4v) is 2.94. The number of carbonyl (C=O) groups excluding carboxylic acids is 1. The Morgan fingerprint density at radius 3 is 2.70 bits per heavy atom. The molecular weight excluding hydrogens is 292 g/mol. The highest BCUT2D eigenvalue weighted by atomic mass is 16.3. The summed E-state index contributed by atoms with van der Waals surface area (Å²) in [5.41, 5.74) is 8.10. The molecule has 1 aliphatic rings. The van der Waals surface area contributed by atoms with E-state index in [1.807, 2.05) is 35.2 Å². The summed E-state index contributed by atoms with van der Waals surface area (Å²) in [7, 11) is 0. The van der Waals surface area contributed by atoms with Gasteiger partial charge in [0.25, 0.3) is 0 Å². The Morgan fingerprint density at radius 2 is 1.96 bits per heavy atom. The molecule has 23 heavy (non-hydrogen) atoms. The highest BCUT2D eigenvalue weighted by molar-refractivity contribution is 5.89. The van der Waals surface area contributed by atoms with Gasteiger partial charge in [-0.05, 0) is 12.1 Å². The van der Waals surface area contributed by atoms with E-state index in [1.54, 1.807) is 0 Å². The molecule has 1 saturated heterocycles. The van der Waals surface area contributed by atoms with Crippen LogP contribution in [0.2, 0.25) is 0 Å². The van der Waals surface area contributed by atoms with Gasteiger partial charge in [-0.3, -0.25) is 14.7 Å². The number of piperazine rings is 1. The quantitative estimate of drug-likeness (QED) is 0.803. The first-order chi connectivity index (χ1) is 11.2. The molecule has 1 aromatic heterocycles. The molecule has 0 bridgehead atoms. The second kappa shape index (κ2) is 6.93. The van der Waals surface area contributed by atoms with Crippen LogP contribution in [0.3, 0.4) is 0 Å². The lowest BCUT2D eigenvalue weighted by Crippen LogP contribution is -2.49. The van der Waals surface area contributed by atoms with E-state index in [9.17, 15) is 4.79 Å². The topological polar surface area (TPSA) is 82.7 Å². The first-order valence-corrected chi connectivity index (χ1v) is 7.92. The number of benzene rings is 1. The largest absolute Gasteiger partial charge is 0.397 e. The summed E-state index contributed by atoms with van der Waals surface area (Å²) >= 11 is 0. The van der Waals surface area contributed by atoms with Crippen LogP contribution in [0.15, 0.2) is 30.3 Å². The third-order valence-corrected chi connectivity index (χ3v) is 4.28. The second-order valence-corrected chi connectivity index (χ2v) is 5.84. The lowest BCUT2D eigenvalue weighted by atomic mass is 10.1. The van der Waals surface area contributed by atoms with E-state index in [1.165, 1.54) is 0 Å². The number of rotatable bonds is 4. The number of nitrogens with two attached hydrogens (primary N) is 1. The number of β-amino-alcohol motifs (C(OH)–C–C–N with tert-alkyl or cyclic N) is 1. The molecule has 2 heterocycles. The van der Waals surface area contributed by atoms with Gasteiger partial charge >= 0.3 is 0 Å². The Labute approximate surface area is 135 Å². The van der Waals surface area contributed by atoms with Gasteiger partial charge in [-0.25, -0.2) is 0 Å². The summed E-state index contributed by atoms with van der Waals surface area (Å²) in [6.07, 6.45) is 0.296. The number of nitrogens with zero attached hydrogens (tertiary/aromatic N) is 3. The van der Waals surface area contributed by atoms with Gasteiger partial charge in [-0.1, -0.05) is 18.2 Å². The van der Waals surface area contributed by atoms with Gasteiger partial charge in [0, 0.05) is 38.1 Å². The number of fused-ring (bicyclic) bond motifs is 1. The molecule has 0 radical (unpaired) electrons. The van der Waals surface area contributed by atoms with Gasteiger partial charge in [0.15, 0.2) is 0 Å². The highest BCUT2D eigenvalue weighted by Gasteiger charge is 2.21. The minimum atomic E-state index is 0.0926. The van der Waals surface area contributed by atoms with Gasteiger partial charge in [0.1, 0.15) is 0 Å². The number of anilines is 1. The van der Waals surface area contributed by atoms with Crippen molar-refractivity contribution in [3.8, 4) is 0 Å². The molecule has 1 aromatic carbocycles. The number of carbonyl (C=O) groups is 1. The van der Waals surface area contributed by atoms with Crippen LogP contribution in [0.1, 0.15) is 5.69 Å². The van der Waals surface area contributed by atoms with Gasteiger partial charge in [0.05, 0.1) is 29.9 Å². The summed E-state index contributed by atoms with van der Waals surface area (Å²) in [6.45, 7) is 3.86. The van der Waals surface area contributed by atoms with Crippen molar-refractivity contribution in [2.24, 2.45) is 0 Å². The van der Waals surface area contributed by atoms with E-state index >= 15 is 0 Å². The van der Waals surface area contributed by atoms with E-state index in [2.05, 4.69) is 9.88 Å². The standard InChI is InChI=1S/C17H22N4O2/c18-15-3-1-2-13-4-5-14(19-17(13)15)12-16(23)21-8-6-20(7-9-21)10-11-22/h1-5,22H,6-12,18H2. The van der Waals surface area contributed by atoms with Crippen LogP contribution in [0.4, 0.5) is 5.69 Å². The predicted molar refractivity (Wildman–Crippen MR) is 90.0 cm³/mol. The van der Waals surface area contributed by atoms with Crippen molar-refractivity contribution in [3.05, 3.63) is 36.0 Å². The van der Waals surface area contributed by atoms with Crippen molar-refractivity contribution in [1.29, 1.82) is 0 Å². The molecule has 0 spiro atoms. The summed E-state index contributed by atoms with van der Waals surface area (Å²) in [6, 6.07) is 9.53. The maximum atomic E-state index is 12.4. The van der Waals surface area contributed by atoms with E-state index in [0.29, 0.717) is 31.7 Å². The lowest BCUT2D eigenvalue weighted by Gasteiger charge is -2.34. The number of para-hydroxylation sites is 1. The normalized spacial score (nSPS) is 16.0. The number of amides is 1. The average molecular weight is 314 g/mol. The van der Waals surface area contributed by atoms with Crippen molar-refractivity contribution >= 4 is 22.5 Å². The molecule has 3 N–H and O–H groups in total. The summed E-state index contributed by atoms with van der Waals surface area (Å²) < 4.78 is 0. The van der Waals surface area contributed by atoms with Gasteiger partial charge < -0.3 is 15.7 Å². The molecule has 2 aromatic rings. The molecular formula is C17H22N4O2. The minimum Gasteiger partial charge on any atom is -0.397 e. The fraction of sp³-hybridized carbons (Fsp3) is 0.412. The van der Waals surface area contributed by atoms with Crippen molar-refractivity contribution in [2.45, 2.75) is 6.42 Å². The van der Waals surface area contributed by atoms with Crippen LogP contribution in [-0.4, -0.2) is 65.1 Å². The molecule has 1 fully saturated rings. The molecule has 1 aliphatic heterocycles. The molecule has 0 aliphatic carbocycles. The zero-order valence-electron chi connectivity index (χ0n) is 13.1.